The number of nitrogens with two attached hydrogens (primary N) is 1. The molecule has 0 radical (unpaired) electrons. The predicted octanol–water partition coefficient (Wildman–Crippen LogP) is 1.71. The summed E-state index contributed by atoms with van der Waals surface area (Å²) in [4.78, 5) is 13.0. The summed E-state index contributed by atoms with van der Waals surface area (Å²) in [6.07, 6.45) is 1.00. The largest absolute Gasteiger partial charge is 0.481 e. The summed E-state index contributed by atoms with van der Waals surface area (Å²) in [5.74, 6) is -0.634. The zero-order valence-electron chi connectivity index (χ0n) is 10.4. The molecule has 0 aliphatic rings. The van der Waals surface area contributed by atoms with E-state index in [-0.39, 0.29) is 5.75 Å². The minimum atomic E-state index is -0.887. The van der Waals surface area contributed by atoms with Crippen molar-refractivity contribution >= 4 is 35.0 Å². The third-order valence-corrected chi connectivity index (χ3v) is 4.62. The van der Waals surface area contributed by atoms with Gasteiger partial charge >= 0.3 is 5.97 Å². The number of carbonyl (C=O) groups is 1. The van der Waals surface area contributed by atoms with Crippen LogP contribution in [0, 0.1) is 0 Å². The van der Waals surface area contributed by atoms with Crippen LogP contribution in [0.15, 0.2) is 17.3 Å². The molecule has 2 aromatic heterocycles. The Hall–Kier alpha value is -1.54. The van der Waals surface area contributed by atoms with E-state index in [2.05, 4.69) is 29.3 Å². The first kappa shape index (κ1) is 13.9. The third kappa shape index (κ3) is 3.48. The van der Waals surface area contributed by atoms with Gasteiger partial charge in [-0.15, -0.1) is 21.5 Å². The molecule has 0 aliphatic carbocycles. The van der Waals surface area contributed by atoms with Gasteiger partial charge in [0.05, 0.1) is 12.3 Å². The number of thioether (sulfide) groups is 1. The number of aromatic nitrogens is 3. The highest BCUT2D eigenvalue weighted by Crippen LogP contribution is 2.23. The zero-order valence-corrected chi connectivity index (χ0v) is 12.0. The summed E-state index contributed by atoms with van der Waals surface area (Å²) >= 11 is 2.84. The average molecular weight is 298 g/mol. The predicted molar refractivity (Wildman–Crippen MR) is 75.6 cm³/mol. The van der Waals surface area contributed by atoms with E-state index >= 15 is 0 Å². The van der Waals surface area contributed by atoms with E-state index in [0.29, 0.717) is 17.6 Å². The molecule has 3 N–H and O–H groups in total. The van der Waals surface area contributed by atoms with E-state index < -0.39 is 5.97 Å². The molecule has 0 aliphatic heterocycles. The molecule has 0 aromatic carbocycles. The van der Waals surface area contributed by atoms with Crippen molar-refractivity contribution in [3.8, 4) is 0 Å². The number of aryl methyl sites for hydroxylation is 1. The fourth-order valence-corrected chi connectivity index (χ4v) is 3.15. The highest BCUT2D eigenvalue weighted by atomic mass is 32.2. The minimum Gasteiger partial charge on any atom is -0.481 e. The van der Waals surface area contributed by atoms with Crippen LogP contribution in [0.3, 0.4) is 0 Å². The minimum absolute atomic E-state index is 0.0528. The normalized spacial score (nSPS) is 10.8. The Labute approximate surface area is 118 Å². The van der Waals surface area contributed by atoms with Gasteiger partial charge in [0, 0.05) is 9.75 Å². The molecule has 0 saturated heterocycles. The van der Waals surface area contributed by atoms with Gasteiger partial charge < -0.3 is 10.8 Å². The van der Waals surface area contributed by atoms with Gasteiger partial charge in [-0.05, 0) is 18.6 Å². The molecule has 0 fully saturated rings. The van der Waals surface area contributed by atoms with Gasteiger partial charge in [0.15, 0.2) is 5.16 Å². The fraction of sp³-hybridized carbons (Fsp3) is 0.364. The Morgan fingerprint density at radius 3 is 2.84 bits per heavy atom. The van der Waals surface area contributed by atoms with Crippen LogP contribution in [0.25, 0.3) is 0 Å². The monoisotopic (exact) mass is 298 g/mol. The van der Waals surface area contributed by atoms with Crippen molar-refractivity contribution in [3.63, 3.8) is 0 Å². The van der Waals surface area contributed by atoms with Crippen molar-refractivity contribution in [1.82, 2.24) is 14.8 Å². The van der Waals surface area contributed by atoms with Gasteiger partial charge in [-0.2, -0.15) is 0 Å². The molecule has 8 heteroatoms. The van der Waals surface area contributed by atoms with E-state index in [4.69, 9.17) is 10.8 Å². The van der Waals surface area contributed by atoms with Crippen LogP contribution < -0.4 is 5.73 Å². The quantitative estimate of drug-likeness (QED) is 0.788. The Morgan fingerprint density at radius 1 is 1.47 bits per heavy atom. The summed E-state index contributed by atoms with van der Waals surface area (Å²) in [6, 6.07) is 4.14. The molecular formula is C11H14N4O2S2. The van der Waals surface area contributed by atoms with E-state index in [9.17, 15) is 4.79 Å². The zero-order chi connectivity index (χ0) is 13.8. The smallest absolute Gasteiger partial charge is 0.313 e. The van der Waals surface area contributed by atoms with Gasteiger partial charge in [-0.1, -0.05) is 18.7 Å². The Morgan fingerprint density at radius 2 is 2.21 bits per heavy atom. The summed E-state index contributed by atoms with van der Waals surface area (Å²) in [5.41, 5.74) is 5.77. The highest BCUT2D eigenvalue weighted by Gasteiger charge is 2.13. The Balaban J connectivity index is 2.14. The van der Waals surface area contributed by atoms with Crippen molar-refractivity contribution in [1.29, 1.82) is 0 Å². The number of thiophene rings is 1. The Bertz CT molecular complexity index is 579. The number of rotatable bonds is 6. The molecule has 0 amide bonds. The van der Waals surface area contributed by atoms with Crippen molar-refractivity contribution in [2.75, 3.05) is 11.5 Å². The maximum atomic E-state index is 10.6. The van der Waals surface area contributed by atoms with E-state index in [1.807, 2.05) is 0 Å². The lowest BCUT2D eigenvalue weighted by Gasteiger charge is -2.05. The molecular weight excluding hydrogens is 284 g/mol. The summed E-state index contributed by atoms with van der Waals surface area (Å²) in [6.45, 7) is 2.68. The van der Waals surface area contributed by atoms with E-state index in [1.54, 1.807) is 15.9 Å². The first-order valence-electron chi connectivity index (χ1n) is 5.71. The highest BCUT2D eigenvalue weighted by molar-refractivity contribution is 7.99. The van der Waals surface area contributed by atoms with Crippen molar-refractivity contribution < 1.29 is 9.90 Å². The molecule has 0 bridgehead atoms. The molecule has 6 nitrogen and oxygen atoms in total. The molecule has 19 heavy (non-hydrogen) atoms. The molecule has 0 unspecified atom stereocenters. The lowest BCUT2D eigenvalue weighted by molar-refractivity contribution is -0.133. The summed E-state index contributed by atoms with van der Waals surface area (Å²) in [5, 5.41) is 16.9. The number of aliphatic carboxylic acids is 1. The number of nitrogen functional groups attached to an aromatic ring is 1. The second-order valence-electron chi connectivity index (χ2n) is 3.83. The molecule has 102 valence electrons. The standard InChI is InChI=1S/C11H14N4O2S2/c1-2-7-3-4-8(19-7)5-15-10(12)13-14-11(15)18-6-9(16)17/h3-4H,2,5-6H2,1H3,(H2,12,13)(H,16,17). The number of hydrogen-bond acceptors (Lipinski definition) is 6. The van der Waals surface area contributed by atoms with Crippen molar-refractivity contribution in [2.45, 2.75) is 25.0 Å². The van der Waals surface area contributed by atoms with Crippen LogP contribution in [0.2, 0.25) is 0 Å². The van der Waals surface area contributed by atoms with Crippen LogP contribution in [0.4, 0.5) is 5.95 Å². The van der Waals surface area contributed by atoms with Gasteiger partial charge in [0.1, 0.15) is 0 Å². The lowest BCUT2D eigenvalue weighted by atomic mass is 10.3. The maximum Gasteiger partial charge on any atom is 0.313 e. The van der Waals surface area contributed by atoms with Gasteiger partial charge in [-0.25, -0.2) is 0 Å². The van der Waals surface area contributed by atoms with Crippen LogP contribution in [-0.4, -0.2) is 31.6 Å². The SMILES string of the molecule is CCc1ccc(Cn2c(N)nnc2SCC(=O)O)s1. The van der Waals surface area contributed by atoms with Gasteiger partial charge in [0.25, 0.3) is 0 Å². The maximum absolute atomic E-state index is 10.6. The fourth-order valence-electron chi connectivity index (χ4n) is 1.53. The van der Waals surface area contributed by atoms with Crippen molar-refractivity contribution in [3.05, 3.63) is 21.9 Å². The molecule has 2 heterocycles. The van der Waals surface area contributed by atoms with Crippen LogP contribution in [-0.2, 0) is 17.8 Å². The molecule has 2 aromatic rings. The molecule has 0 saturated carbocycles. The van der Waals surface area contributed by atoms with Crippen LogP contribution in [0.5, 0.6) is 0 Å². The first-order valence-corrected chi connectivity index (χ1v) is 7.51. The summed E-state index contributed by atoms with van der Waals surface area (Å²) < 4.78 is 1.74. The number of carboxylic acids is 1. The number of nitrogens with zero attached hydrogens (tertiary/aromatic N) is 3. The second-order valence-corrected chi connectivity index (χ2v) is 6.03. The topological polar surface area (TPSA) is 94.0 Å². The van der Waals surface area contributed by atoms with Crippen LogP contribution in [0.1, 0.15) is 16.7 Å². The number of hydrogen-bond donors (Lipinski definition) is 2. The number of anilines is 1. The van der Waals surface area contributed by atoms with Crippen molar-refractivity contribution in [2.24, 2.45) is 0 Å². The molecule has 2 rings (SSSR count). The molecule has 0 atom stereocenters. The number of carboxylic acid groups (broad SMARTS) is 1. The molecule has 0 spiro atoms. The first-order chi connectivity index (χ1) is 9.10. The van der Waals surface area contributed by atoms with E-state index in [1.165, 1.54) is 4.88 Å². The van der Waals surface area contributed by atoms with Gasteiger partial charge in [0.2, 0.25) is 5.95 Å². The van der Waals surface area contributed by atoms with E-state index in [0.717, 1.165) is 23.1 Å². The second kappa shape index (κ2) is 6.07. The lowest BCUT2D eigenvalue weighted by Crippen LogP contribution is -2.06. The van der Waals surface area contributed by atoms with Gasteiger partial charge in [-0.3, -0.25) is 9.36 Å². The Kier molecular flexibility index (Phi) is 4.43. The summed E-state index contributed by atoms with van der Waals surface area (Å²) in [7, 11) is 0. The average Bonchev–Trinajstić information content (AvgIpc) is 2.96. The third-order valence-electron chi connectivity index (χ3n) is 2.45. The van der Waals surface area contributed by atoms with Crippen LogP contribution >= 0.6 is 23.1 Å².